The van der Waals surface area contributed by atoms with E-state index in [-0.39, 0.29) is 0 Å². The summed E-state index contributed by atoms with van der Waals surface area (Å²) in [6, 6.07) is 19.5. The van der Waals surface area contributed by atoms with Gasteiger partial charge in [0.15, 0.2) is 9.84 Å². The summed E-state index contributed by atoms with van der Waals surface area (Å²) < 4.78 is 25.5. The molecule has 0 radical (unpaired) electrons. The van der Waals surface area contributed by atoms with Crippen LogP contribution >= 0.6 is 0 Å². The molecule has 0 atom stereocenters. The minimum atomic E-state index is -3.22. The van der Waals surface area contributed by atoms with Gasteiger partial charge in [-0.1, -0.05) is 60.7 Å². The van der Waals surface area contributed by atoms with Gasteiger partial charge in [0.25, 0.3) is 0 Å². The summed E-state index contributed by atoms with van der Waals surface area (Å²) in [7, 11) is -3.22. The fraction of sp³-hybridized carbons (Fsp3) is 0.333. The summed E-state index contributed by atoms with van der Waals surface area (Å²) in [4.78, 5) is 0. The number of hydrogen-bond donors (Lipinski definition) is 0. The molecule has 0 N–H and O–H groups in total. The van der Waals surface area contributed by atoms with Gasteiger partial charge < -0.3 is 0 Å². The molecule has 0 amide bonds. The van der Waals surface area contributed by atoms with E-state index in [0.29, 0.717) is 0 Å². The van der Waals surface area contributed by atoms with Gasteiger partial charge in [-0.05, 0) is 36.8 Å². The normalized spacial score (nSPS) is 21.7. The zero-order valence-corrected chi connectivity index (χ0v) is 12.6. The van der Waals surface area contributed by atoms with Gasteiger partial charge in [0.2, 0.25) is 0 Å². The highest BCUT2D eigenvalue weighted by Crippen LogP contribution is 2.65. The summed E-state index contributed by atoms with van der Waals surface area (Å²) in [6.45, 7) is 0. The highest BCUT2D eigenvalue weighted by Gasteiger charge is 2.68. The fourth-order valence-corrected chi connectivity index (χ4v) is 6.43. The number of benzene rings is 2. The van der Waals surface area contributed by atoms with Crippen molar-refractivity contribution in [3.63, 3.8) is 0 Å². The van der Waals surface area contributed by atoms with Crippen molar-refractivity contribution in [2.24, 2.45) is 0 Å². The predicted molar refractivity (Wildman–Crippen MR) is 83.6 cm³/mol. The lowest BCUT2D eigenvalue weighted by Crippen LogP contribution is -2.32. The molecule has 2 fully saturated rings. The maximum Gasteiger partial charge on any atom is 0.169 e. The lowest BCUT2D eigenvalue weighted by Gasteiger charge is -2.25. The second-order valence-corrected chi connectivity index (χ2v) is 8.79. The molecule has 3 heteroatoms. The Balaban J connectivity index is 1.82. The molecule has 0 spiro atoms. The first kappa shape index (κ1) is 13.1. The molecular formula is C18H18O2S. The topological polar surface area (TPSA) is 34.1 Å². The van der Waals surface area contributed by atoms with E-state index in [4.69, 9.17) is 0 Å². The first-order valence-electron chi connectivity index (χ1n) is 7.48. The quantitative estimate of drug-likeness (QED) is 0.861. The Morgan fingerprint density at radius 3 is 1.24 bits per heavy atom. The van der Waals surface area contributed by atoms with Crippen LogP contribution in [0.4, 0.5) is 0 Å². The predicted octanol–water partition coefficient (Wildman–Crippen LogP) is 3.78. The van der Waals surface area contributed by atoms with Crippen LogP contribution in [0.25, 0.3) is 0 Å². The van der Waals surface area contributed by atoms with Crippen LogP contribution in [-0.2, 0) is 19.3 Å². The molecule has 21 heavy (non-hydrogen) atoms. The van der Waals surface area contributed by atoms with E-state index in [9.17, 15) is 8.42 Å². The van der Waals surface area contributed by atoms with Crippen molar-refractivity contribution < 1.29 is 8.42 Å². The van der Waals surface area contributed by atoms with Gasteiger partial charge in [-0.3, -0.25) is 0 Å². The summed E-state index contributed by atoms with van der Waals surface area (Å²) >= 11 is 0. The van der Waals surface area contributed by atoms with Gasteiger partial charge in [-0.2, -0.15) is 0 Å². The van der Waals surface area contributed by atoms with E-state index >= 15 is 0 Å². The molecule has 2 nitrogen and oxygen atoms in total. The molecule has 2 saturated carbocycles. The molecule has 4 rings (SSSR count). The van der Waals surface area contributed by atoms with E-state index in [1.165, 1.54) is 0 Å². The molecule has 108 valence electrons. The van der Waals surface area contributed by atoms with Gasteiger partial charge >= 0.3 is 0 Å². The molecule has 0 bridgehead atoms. The Hall–Kier alpha value is -1.61. The van der Waals surface area contributed by atoms with E-state index in [1.54, 1.807) is 0 Å². The first-order valence-corrected chi connectivity index (χ1v) is 8.96. The number of rotatable bonds is 4. The summed E-state index contributed by atoms with van der Waals surface area (Å²) in [5, 5.41) is 0. The van der Waals surface area contributed by atoms with E-state index in [0.717, 1.165) is 36.8 Å². The molecule has 0 heterocycles. The summed E-state index contributed by atoms with van der Waals surface area (Å²) in [5.41, 5.74) is 1.93. The Morgan fingerprint density at radius 2 is 0.952 bits per heavy atom. The lowest BCUT2D eigenvalue weighted by molar-refractivity contribution is 0.563. The van der Waals surface area contributed by atoms with E-state index in [2.05, 4.69) is 0 Å². The highest BCUT2D eigenvalue weighted by molar-refractivity contribution is 7.93. The van der Waals surface area contributed by atoms with Crippen molar-refractivity contribution >= 4 is 9.84 Å². The molecule has 2 aromatic rings. The SMILES string of the molecule is O=S(=O)(C1(c2ccccc2)CC1)C1(c2ccccc2)CC1. The maximum atomic E-state index is 13.4. The second-order valence-electron chi connectivity index (χ2n) is 6.22. The highest BCUT2D eigenvalue weighted by atomic mass is 32.2. The molecule has 0 saturated heterocycles. The third kappa shape index (κ3) is 1.67. The van der Waals surface area contributed by atoms with Crippen LogP contribution in [0.2, 0.25) is 0 Å². The molecule has 0 aliphatic heterocycles. The molecule has 2 aliphatic carbocycles. The molecular weight excluding hydrogens is 280 g/mol. The first-order chi connectivity index (χ1) is 10.1. The van der Waals surface area contributed by atoms with Crippen LogP contribution in [0, 0.1) is 0 Å². The average molecular weight is 298 g/mol. The Kier molecular flexibility index (Phi) is 2.62. The van der Waals surface area contributed by atoms with Crippen LogP contribution in [0.1, 0.15) is 36.8 Å². The Morgan fingerprint density at radius 1 is 0.619 bits per heavy atom. The minimum absolute atomic E-state index is 0.638. The van der Waals surface area contributed by atoms with Gasteiger partial charge in [0, 0.05) is 0 Å². The lowest BCUT2D eigenvalue weighted by atomic mass is 10.1. The van der Waals surface area contributed by atoms with Gasteiger partial charge in [-0.25, -0.2) is 8.42 Å². The third-order valence-corrected chi connectivity index (χ3v) is 8.38. The van der Waals surface area contributed by atoms with Crippen molar-refractivity contribution in [1.29, 1.82) is 0 Å². The zero-order chi connectivity index (χ0) is 14.6. The summed E-state index contributed by atoms with van der Waals surface area (Å²) in [5.74, 6) is 0. The third-order valence-electron chi connectivity index (χ3n) is 5.04. The largest absolute Gasteiger partial charge is 0.227 e. The molecule has 2 aromatic carbocycles. The van der Waals surface area contributed by atoms with Crippen LogP contribution in [-0.4, -0.2) is 8.42 Å². The van der Waals surface area contributed by atoms with Crippen molar-refractivity contribution in [1.82, 2.24) is 0 Å². The average Bonchev–Trinajstić information content (AvgIpc) is 3.42. The van der Waals surface area contributed by atoms with Gasteiger partial charge in [0.05, 0.1) is 9.49 Å². The Bertz CT molecular complexity index is 694. The second kappa shape index (κ2) is 4.20. The molecule has 0 unspecified atom stereocenters. The monoisotopic (exact) mass is 298 g/mol. The number of hydrogen-bond acceptors (Lipinski definition) is 2. The summed E-state index contributed by atoms with van der Waals surface area (Å²) in [6.07, 6.45) is 3.03. The van der Waals surface area contributed by atoms with E-state index in [1.807, 2.05) is 60.7 Å². The van der Waals surface area contributed by atoms with Crippen LogP contribution in [0.3, 0.4) is 0 Å². The maximum absolute atomic E-state index is 13.4. The smallest absolute Gasteiger partial charge is 0.169 e. The number of sulfone groups is 1. The van der Waals surface area contributed by atoms with Gasteiger partial charge in [-0.15, -0.1) is 0 Å². The van der Waals surface area contributed by atoms with Crippen molar-refractivity contribution in [2.45, 2.75) is 35.2 Å². The zero-order valence-electron chi connectivity index (χ0n) is 11.8. The van der Waals surface area contributed by atoms with Crippen LogP contribution in [0.5, 0.6) is 0 Å². The molecule has 2 aliphatic rings. The van der Waals surface area contributed by atoms with Crippen molar-refractivity contribution in [3.8, 4) is 0 Å². The van der Waals surface area contributed by atoms with Crippen molar-refractivity contribution in [2.75, 3.05) is 0 Å². The van der Waals surface area contributed by atoms with Crippen molar-refractivity contribution in [3.05, 3.63) is 71.8 Å². The van der Waals surface area contributed by atoms with Crippen LogP contribution in [0.15, 0.2) is 60.7 Å². The van der Waals surface area contributed by atoms with E-state index < -0.39 is 19.3 Å². The van der Waals surface area contributed by atoms with Crippen LogP contribution < -0.4 is 0 Å². The minimum Gasteiger partial charge on any atom is -0.227 e. The molecule has 0 aromatic heterocycles. The fourth-order valence-electron chi connectivity index (χ4n) is 3.51. The standard InChI is InChI=1S/C18H18O2S/c19-21(20,17(11-12-17)15-7-3-1-4-8-15)18(13-14-18)16-9-5-2-6-10-16/h1-10H,11-14H2. The van der Waals surface area contributed by atoms with Gasteiger partial charge in [0.1, 0.15) is 0 Å². The Labute approximate surface area is 125 Å².